The van der Waals surface area contributed by atoms with Crippen LogP contribution in [0.1, 0.15) is 71.4 Å². The molecule has 0 aliphatic carbocycles. The summed E-state index contributed by atoms with van der Waals surface area (Å²) >= 11 is 1.52. The van der Waals surface area contributed by atoms with Gasteiger partial charge in [-0.15, -0.1) is 11.3 Å². The van der Waals surface area contributed by atoms with Crippen molar-refractivity contribution in [2.75, 3.05) is 19.3 Å². The molecule has 43 heavy (non-hydrogen) atoms. The molecule has 16 heteroatoms. The van der Waals surface area contributed by atoms with Crippen molar-refractivity contribution in [3.05, 3.63) is 68.9 Å². The first-order valence-electron chi connectivity index (χ1n) is 13.5. The lowest BCUT2D eigenvalue weighted by molar-refractivity contribution is -0.142. The number of hydrogen-bond acceptors (Lipinski definition) is 9. The molecule has 2 aromatic heterocycles. The molecule has 1 N–H and O–H groups in total. The molecule has 2 aliphatic heterocycles. The highest BCUT2D eigenvalue weighted by Crippen LogP contribution is 2.35. The minimum absolute atomic E-state index is 0.145. The van der Waals surface area contributed by atoms with Crippen LogP contribution in [0.25, 0.3) is 0 Å². The van der Waals surface area contributed by atoms with Crippen molar-refractivity contribution in [2.24, 2.45) is 10.3 Å². The predicted molar refractivity (Wildman–Crippen MR) is 154 cm³/mol. The summed E-state index contributed by atoms with van der Waals surface area (Å²) in [6.45, 7) is 3.92. The maximum absolute atomic E-state index is 13.0. The highest BCUT2D eigenvalue weighted by Gasteiger charge is 2.35. The lowest BCUT2D eigenvalue weighted by atomic mass is 9.96. The van der Waals surface area contributed by atoms with Crippen LogP contribution in [0.15, 0.2) is 46.0 Å². The summed E-state index contributed by atoms with van der Waals surface area (Å²) in [6.07, 6.45) is -2.07. The Morgan fingerprint density at radius 2 is 1.95 bits per heavy atom. The monoisotopic (exact) mass is 637 g/mol. The van der Waals surface area contributed by atoms with Gasteiger partial charge in [0.2, 0.25) is 15.9 Å². The molecule has 1 aromatic carbocycles. The summed E-state index contributed by atoms with van der Waals surface area (Å²) in [5.74, 6) is -0.124. The molecule has 1 fully saturated rings. The molecule has 0 saturated carbocycles. The third kappa shape index (κ3) is 7.24. The standard InChI is InChI=1S/C27H30F3N7O4S2/c1-16-12-24(27(28,29)30)33-37(16)14-25(38)36-10-8-18(9-11-36)26-31-22(15-42-26)21-13-23(41-34-21)20-7-5-4-6-19(20)17(2)32-35-43(3,39)40/h4-7,12,15,18,23,35H,8-11,13-14H2,1-3H3. The second kappa shape index (κ2) is 12.1. The van der Waals surface area contributed by atoms with Gasteiger partial charge in [-0.05, 0) is 32.8 Å². The van der Waals surface area contributed by atoms with Gasteiger partial charge in [0.15, 0.2) is 11.8 Å². The van der Waals surface area contributed by atoms with E-state index in [-0.39, 0.29) is 30.2 Å². The van der Waals surface area contributed by atoms with Crippen LogP contribution in [0.4, 0.5) is 13.2 Å². The number of carbonyl (C=O) groups excluding carboxylic acids is 1. The fraction of sp³-hybridized carbons (Fsp3) is 0.444. The first-order chi connectivity index (χ1) is 20.3. The molecule has 1 saturated heterocycles. The van der Waals surface area contributed by atoms with E-state index >= 15 is 0 Å². The van der Waals surface area contributed by atoms with Gasteiger partial charge in [0, 0.05) is 47.6 Å². The van der Waals surface area contributed by atoms with Gasteiger partial charge in [-0.1, -0.05) is 29.4 Å². The number of likely N-dealkylation sites (tertiary alicyclic amines) is 1. The smallest absolute Gasteiger partial charge is 0.387 e. The Morgan fingerprint density at radius 3 is 2.63 bits per heavy atom. The molecule has 3 aromatic rings. The predicted octanol–water partition coefficient (Wildman–Crippen LogP) is 4.21. The van der Waals surface area contributed by atoms with Crippen molar-refractivity contribution in [3.63, 3.8) is 0 Å². The van der Waals surface area contributed by atoms with Crippen LogP contribution in [-0.4, -0.2) is 64.8 Å². The van der Waals surface area contributed by atoms with Crippen LogP contribution in [0.2, 0.25) is 0 Å². The summed E-state index contributed by atoms with van der Waals surface area (Å²) in [4.78, 5) is 27.2. The second-order valence-electron chi connectivity index (χ2n) is 10.5. The lowest BCUT2D eigenvalue weighted by Gasteiger charge is -2.31. The normalized spacial score (nSPS) is 18.5. The zero-order valence-corrected chi connectivity index (χ0v) is 25.3. The van der Waals surface area contributed by atoms with Crippen molar-refractivity contribution in [1.29, 1.82) is 0 Å². The topological polar surface area (TPSA) is 131 Å². The highest BCUT2D eigenvalue weighted by atomic mass is 32.2. The van der Waals surface area contributed by atoms with Gasteiger partial charge < -0.3 is 9.74 Å². The number of benzene rings is 1. The van der Waals surface area contributed by atoms with Gasteiger partial charge in [0.05, 0.1) is 22.7 Å². The molecule has 0 spiro atoms. The number of nitrogens with one attached hydrogen (secondary N) is 1. The van der Waals surface area contributed by atoms with Crippen LogP contribution in [-0.2, 0) is 32.4 Å². The van der Waals surface area contributed by atoms with E-state index in [0.29, 0.717) is 43.8 Å². The molecular weight excluding hydrogens is 607 g/mol. The number of amides is 1. The SMILES string of the molecule is CC(=NNS(C)(=O)=O)c1ccccc1C1CC(c2csc(C3CCN(C(=O)Cn4nc(C(F)(F)F)cc4C)CC3)n2)=NO1. The summed E-state index contributed by atoms with van der Waals surface area (Å²) in [6, 6.07) is 8.37. The largest absolute Gasteiger partial charge is 0.435 e. The average Bonchev–Trinajstić information content (AvgIpc) is 3.72. The molecule has 1 amide bonds. The number of sulfonamides is 1. The fourth-order valence-corrected chi connectivity index (χ4v) is 6.34. The van der Waals surface area contributed by atoms with E-state index in [1.165, 1.54) is 18.3 Å². The van der Waals surface area contributed by atoms with Crippen LogP contribution < -0.4 is 4.83 Å². The number of oxime groups is 1. The fourth-order valence-electron chi connectivity index (χ4n) is 5.03. The van der Waals surface area contributed by atoms with Gasteiger partial charge in [0.25, 0.3) is 0 Å². The molecule has 1 unspecified atom stereocenters. The molecule has 4 heterocycles. The Balaban J connectivity index is 1.17. The molecule has 2 aliphatic rings. The van der Waals surface area contributed by atoms with E-state index in [1.807, 2.05) is 29.6 Å². The summed E-state index contributed by atoms with van der Waals surface area (Å²) in [5.41, 5.74) is 2.75. The first-order valence-corrected chi connectivity index (χ1v) is 16.2. The number of hydrazone groups is 1. The average molecular weight is 638 g/mol. The quantitative estimate of drug-likeness (QED) is 0.291. The number of thiazole rings is 1. The Morgan fingerprint density at radius 1 is 1.23 bits per heavy atom. The van der Waals surface area contributed by atoms with Crippen LogP contribution >= 0.6 is 11.3 Å². The number of aryl methyl sites for hydroxylation is 1. The summed E-state index contributed by atoms with van der Waals surface area (Å²) in [7, 11) is -3.49. The van der Waals surface area contributed by atoms with Crippen LogP contribution in [0.3, 0.4) is 0 Å². The van der Waals surface area contributed by atoms with Crippen molar-refractivity contribution < 1.29 is 31.2 Å². The van der Waals surface area contributed by atoms with E-state index in [4.69, 9.17) is 9.82 Å². The molecule has 5 rings (SSSR count). The third-order valence-electron chi connectivity index (χ3n) is 7.32. The third-order valence-corrected chi connectivity index (χ3v) is 8.75. The lowest BCUT2D eigenvalue weighted by Crippen LogP contribution is -2.40. The van der Waals surface area contributed by atoms with Gasteiger partial charge in [-0.25, -0.2) is 18.2 Å². The molecule has 11 nitrogen and oxygen atoms in total. The first kappa shape index (κ1) is 30.7. The van der Waals surface area contributed by atoms with Crippen LogP contribution in [0, 0.1) is 6.92 Å². The Bertz CT molecular complexity index is 1670. The number of carbonyl (C=O) groups is 1. The summed E-state index contributed by atoms with van der Waals surface area (Å²) in [5, 5.41) is 14.7. The van der Waals surface area contributed by atoms with Gasteiger partial charge in [-0.3, -0.25) is 9.48 Å². The number of alkyl halides is 3. The van der Waals surface area contributed by atoms with Gasteiger partial charge >= 0.3 is 6.18 Å². The number of rotatable bonds is 8. The minimum Gasteiger partial charge on any atom is -0.387 e. The zero-order chi connectivity index (χ0) is 30.9. The number of hydrogen-bond donors (Lipinski definition) is 1. The van der Waals surface area contributed by atoms with E-state index in [9.17, 15) is 26.4 Å². The van der Waals surface area contributed by atoms with Gasteiger partial charge in [0.1, 0.15) is 12.3 Å². The maximum Gasteiger partial charge on any atom is 0.435 e. The number of nitrogens with zero attached hydrogens (tertiary/aromatic N) is 6. The minimum atomic E-state index is -4.56. The van der Waals surface area contributed by atoms with E-state index in [2.05, 4.69) is 20.2 Å². The highest BCUT2D eigenvalue weighted by molar-refractivity contribution is 7.88. The Labute approximate surface area is 250 Å². The number of halogens is 3. The summed E-state index contributed by atoms with van der Waals surface area (Å²) < 4.78 is 62.9. The molecule has 0 radical (unpaired) electrons. The van der Waals surface area contributed by atoms with Crippen molar-refractivity contribution in [1.82, 2.24) is 24.5 Å². The van der Waals surface area contributed by atoms with E-state index in [0.717, 1.165) is 38.8 Å². The Hall–Kier alpha value is -3.79. The van der Waals surface area contributed by atoms with E-state index in [1.54, 1.807) is 11.8 Å². The number of piperidine rings is 1. The van der Waals surface area contributed by atoms with E-state index < -0.39 is 21.9 Å². The number of aromatic nitrogens is 3. The molecule has 0 bridgehead atoms. The Kier molecular flexibility index (Phi) is 8.61. The van der Waals surface area contributed by atoms with Crippen LogP contribution in [0.5, 0.6) is 0 Å². The molecule has 1 atom stereocenters. The molecule has 230 valence electrons. The second-order valence-corrected chi connectivity index (χ2v) is 13.2. The van der Waals surface area contributed by atoms with Crippen molar-refractivity contribution >= 4 is 38.7 Å². The van der Waals surface area contributed by atoms with Crippen molar-refractivity contribution in [2.45, 2.75) is 57.9 Å². The van der Waals surface area contributed by atoms with Crippen molar-refractivity contribution in [3.8, 4) is 0 Å². The van der Waals surface area contributed by atoms with Gasteiger partial charge in [-0.2, -0.15) is 23.4 Å². The molecular formula is C27H30F3N7O4S2. The zero-order valence-electron chi connectivity index (χ0n) is 23.6. The maximum atomic E-state index is 13.0.